The molecule has 152 valence electrons. The molecule has 0 aliphatic carbocycles. The Morgan fingerprint density at radius 3 is 2.61 bits per heavy atom. The van der Waals surface area contributed by atoms with E-state index in [0.29, 0.717) is 15.5 Å². The van der Waals surface area contributed by atoms with Crippen molar-refractivity contribution in [1.29, 1.82) is 0 Å². The van der Waals surface area contributed by atoms with Crippen molar-refractivity contribution >= 4 is 67.3 Å². The highest BCUT2D eigenvalue weighted by atomic mass is 35.5. The number of halogens is 2. The van der Waals surface area contributed by atoms with E-state index < -0.39 is 11.5 Å². The molecule has 0 saturated heterocycles. The van der Waals surface area contributed by atoms with Crippen molar-refractivity contribution in [3.05, 3.63) is 92.1 Å². The molecule has 2 aromatic heterocycles. The molecule has 0 radical (unpaired) electrons. The fourth-order valence-corrected chi connectivity index (χ4v) is 4.55. The van der Waals surface area contributed by atoms with E-state index in [1.165, 1.54) is 23.5 Å². The zero-order chi connectivity index (χ0) is 21.5. The molecule has 0 unspecified atom stereocenters. The molecular weight excluding hydrogens is 455 g/mol. The third-order valence-corrected chi connectivity index (χ3v) is 6.02. The quantitative estimate of drug-likeness (QED) is 0.303. The summed E-state index contributed by atoms with van der Waals surface area (Å²) in [6.45, 7) is 0. The van der Waals surface area contributed by atoms with Crippen molar-refractivity contribution in [2.75, 3.05) is 5.32 Å². The summed E-state index contributed by atoms with van der Waals surface area (Å²) < 4.78 is 5.23. The van der Waals surface area contributed by atoms with Gasteiger partial charge in [0.25, 0.3) is 5.91 Å². The van der Waals surface area contributed by atoms with Gasteiger partial charge in [0.15, 0.2) is 10.7 Å². The molecule has 8 heteroatoms. The van der Waals surface area contributed by atoms with Gasteiger partial charge in [-0.15, -0.1) is 11.3 Å². The van der Waals surface area contributed by atoms with Crippen molar-refractivity contribution < 1.29 is 9.21 Å². The molecule has 0 fully saturated rings. The van der Waals surface area contributed by atoms with E-state index >= 15 is 0 Å². The lowest BCUT2D eigenvalue weighted by atomic mass is 10.1. The zero-order valence-corrected chi connectivity index (χ0v) is 18.0. The molecule has 0 aliphatic heterocycles. The van der Waals surface area contributed by atoms with Crippen LogP contribution in [0, 0.1) is 0 Å². The number of anilines is 1. The SMILES string of the molecule is O=C(Nc1nc(-c2ccc3ccccc3c2)cs1)c1cc2cc(Cl)cc(Cl)c2oc1=O. The smallest absolute Gasteiger partial charge is 0.349 e. The average molecular weight is 467 g/mol. The van der Waals surface area contributed by atoms with E-state index in [9.17, 15) is 9.59 Å². The highest BCUT2D eigenvalue weighted by Gasteiger charge is 2.17. The van der Waals surface area contributed by atoms with E-state index in [1.807, 2.05) is 47.8 Å². The number of amides is 1. The lowest BCUT2D eigenvalue weighted by molar-refractivity contribution is 0.102. The Balaban J connectivity index is 1.44. The molecule has 2 heterocycles. The fourth-order valence-electron chi connectivity index (χ4n) is 3.29. The van der Waals surface area contributed by atoms with Crippen molar-refractivity contribution in [3.8, 4) is 11.3 Å². The topological polar surface area (TPSA) is 72.2 Å². The maximum atomic E-state index is 12.7. The van der Waals surface area contributed by atoms with Gasteiger partial charge in [0.1, 0.15) is 5.56 Å². The van der Waals surface area contributed by atoms with Crippen LogP contribution in [0.25, 0.3) is 33.0 Å². The molecule has 0 aliphatic rings. The molecule has 5 nitrogen and oxygen atoms in total. The first-order valence-electron chi connectivity index (χ1n) is 9.17. The van der Waals surface area contributed by atoms with Crippen LogP contribution in [0.15, 0.2) is 75.3 Å². The Morgan fingerprint density at radius 1 is 0.968 bits per heavy atom. The van der Waals surface area contributed by atoms with E-state index in [0.717, 1.165) is 22.0 Å². The Hall–Kier alpha value is -3.19. The van der Waals surface area contributed by atoms with Gasteiger partial charge in [-0.25, -0.2) is 9.78 Å². The molecule has 3 aromatic carbocycles. The van der Waals surface area contributed by atoms with Crippen LogP contribution in [0.4, 0.5) is 5.13 Å². The van der Waals surface area contributed by atoms with Gasteiger partial charge in [-0.1, -0.05) is 59.6 Å². The molecule has 31 heavy (non-hydrogen) atoms. The summed E-state index contributed by atoms with van der Waals surface area (Å²) in [5.74, 6) is -0.619. The standard InChI is InChI=1S/C23H12Cl2N2O3S/c24-16-8-15-9-17(22(29)30-20(15)18(25)10-16)21(28)27-23-26-19(11-31-23)14-6-5-12-3-1-2-4-13(12)7-14/h1-11H,(H,26,27,28). The maximum absolute atomic E-state index is 12.7. The molecule has 0 spiro atoms. The van der Waals surface area contributed by atoms with Gasteiger partial charge in [-0.2, -0.15) is 0 Å². The van der Waals surface area contributed by atoms with E-state index in [1.54, 1.807) is 6.07 Å². The third kappa shape index (κ3) is 3.81. The zero-order valence-electron chi connectivity index (χ0n) is 15.7. The van der Waals surface area contributed by atoms with Crippen LogP contribution in [0.3, 0.4) is 0 Å². The first-order valence-corrected chi connectivity index (χ1v) is 10.8. The lowest BCUT2D eigenvalue weighted by Crippen LogP contribution is -2.20. The second-order valence-electron chi connectivity index (χ2n) is 6.81. The summed E-state index contributed by atoms with van der Waals surface area (Å²) in [7, 11) is 0. The number of aromatic nitrogens is 1. The third-order valence-electron chi connectivity index (χ3n) is 4.77. The average Bonchev–Trinajstić information content (AvgIpc) is 3.22. The van der Waals surface area contributed by atoms with Crippen molar-refractivity contribution in [3.63, 3.8) is 0 Å². The van der Waals surface area contributed by atoms with Crippen LogP contribution in [0.1, 0.15) is 10.4 Å². The Bertz CT molecular complexity index is 1540. The fraction of sp³-hybridized carbons (Fsp3) is 0. The number of rotatable bonds is 3. The van der Waals surface area contributed by atoms with E-state index in [4.69, 9.17) is 27.6 Å². The van der Waals surface area contributed by atoms with Crippen LogP contribution >= 0.6 is 34.5 Å². The normalized spacial score (nSPS) is 11.2. The second kappa shape index (κ2) is 7.81. The molecule has 0 bridgehead atoms. The second-order valence-corrected chi connectivity index (χ2v) is 8.51. The number of fused-ring (bicyclic) bond motifs is 2. The first kappa shape index (κ1) is 19.8. The molecule has 5 aromatic rings. The van der Waals surface area contributed by atoms with Crippen LogP contribution in [-0.2, 0) is 0 Å². The number of benzene rings is 3. The van der Waals surface area contributed by atoms with Gasteiger partial charge in [0, 0.05) is 21.4 Å². The number of carbonyl (C=O) groups excluding carboxylic acids is 1. The van der Waals surface area contributed by atoms with Gasteiger partial charge < -0.3 is 4.42 Å². The number of carbonyl (C=O) groups is 1. The molecule has 0 atom stereocenters. The van der Waals surface area contributed by atoms with Gasteiger partial charge in [-0.3, -0.25) is 10.1 Å². The van der Waals surface area contributed by atoms with Crippen LogP contribution in [0.2, 0.25) is 10.0 Å². The molecule has 5 rings (SSSR count). The largest absolute Gasteiger partial charge is 0.421 e. The summed E-state index contributed by atoms with van der Waals surface area (Å²) in [6.07, 6.45) is 0. The first-order chi connectivity index (χ1) is 15.0. The van der Waals surface area contributed by atoms with E-state index in [2.05, 4.69) is 10.3 Å². The summed E-state index contributed by atoms with van der Waals surface area (Å²) >= 11 is 13.3. The minimum absolute atomic E-state index is 0.159. The minimum Gasteiger partial charge on any atom is -0.421 e. The molecule has 1 N–H and O–H groups in total. The predicted octanol–water partition coefficient (Wildman–Crippen LogP) is 6.63. The minimum atomic E-state index is -0.791. The molecule has 0 saturated carbocycles. The highest BCUT2D eigenvalue weighted by Crippen LogP contribution is 2.29. The number of nitrogens with zero attached hydrogens (tertiary/aromatic N) is 1. The Kier molecular flexibility index (Phi) is 4.98. The summed E-state index contributed by atoms with van der Waals surface area (Å²) in [5, 5.41) is 8.15. The summed E-state index contributed by atoms with van der Waals surface area (Å²) in [5.41, 5.74) is 0.898. The van der Waals surface area contributed by atoms with Gasteiger partial charge >= 0.3 is 5.63 Å². The van der Waals surface area contributed by atoms with Crippen LogP contribution in [0.5, 0.6) is 0 Å². The number of hydrogen-bond donors (Lipinski definition) is 1. The Labute approximate surface area is 189 Å². The number of thiazole rings is 1. The molecule has 1 amide bonds. The van der Waals surface area contributed by atoms with E-state index in [-0.39, 0.29) is 16.2 Å². The predicted molar refractivity (Wildman–Crippen MR) is 126 cm³/mol. The van der Waals surface area contributed by atoms with Crippen molar-refractivity contribution in [1.82, 2.24) is 4.98 Å². The Morgan fingerprint density at radius 2 is 1.77 bits per heavy atom. The summed E-state index contributed by atoms with van der Waals surface area (Å²) in [6, 6.07) is 18.5. The van der Waals surface area contributed by atoms with Crippen molar-refractivity contribution in [2.24, 2.45) is 0 Å². The van der Waals surface area contributed by atoms with Crippen molar-refractivity contribution in [2.45, 2.75) is 0 Å². The lowest BCUT2D eigenvalue weighted by Gasteiger charge is -2.04. The summed E-state index contributed by atoms with van der Waals surface area (Å²) in [4.78, 5) is 29.5. The maximum Gasteiger partial charge on any atom is 0.349 e. The number of hydrogen-bond acceptors (Lipinski definition) is 5. The van der Waals surface area contributed by atoms with Gasteiger partial charge in [-0.05, 0) is 35.0 Å². The monoisotopic (exact) mass is 466 g/mol. The number of nitrogens with one attached hydrogen (secondary N) is 1. The van der Waals surface area contributed by atoms with Gasteiger partial charge in [0.05, 0.1) is 10.7 Å². The van der Waals surface area contributed by atoms with Crippen LogP contribution in [-0.4, -0.2) is 10.9 Å². The van der Waals surface area contributed by atoms with Crippen LogP contribution < -0.4 is 10.9 Å². The highest BCUT2D eigenvalue weighted by molar-refractivity contribution is 7.14. The molecular formula is C23H12Cl2N2O3S. The van der Waals surface area contributed by atoms with Gasteiger partial charge in [0.2, 0.25) is 0 Å².